The number of nitrogens with two attached hydrogens (primary N) is 1. The van der Waals surface area contributed by atoms with Crippen molar-refractivity contribution >= 4 is 17.3 Å². The fourth-order valence-electron chi connectivity index (χ4n) is 1.84. The van der Waals surface area contributed by atoms with Gasteiger partial charge in [-0.15, -0.1) is 0 Å². The Bertz CT molecular complexity index is 390. The van der Waals surface area contributed by atoms with E-state index < -0.39 is 0 Å². The minimum absolute atomic E-state index is 0.179. The van der Waals surface area contributed by atoms with Gasteiger partial charge in [-0.1, -0.05) is 6.07 Å². The van der Waals surface area contributed by atoms with E-state index >= 15 is 0 Å². The van der Waals surface area contributed by atoms with Crippen LogP contribution < -0.4 is 10.6 Å². The molecule has 0 saturated heterocycles. The zero-order chi connectivity index (χ0) is 13.5. The average Bonchev–Trinajstić information content (AvgIpc) is 2.34. The number of anilines is 2. The van der Waals surface area contributed by atoms with Crippen LogP contribution in [0.15, 0.2) is 24.3 Å². The van der Waals surface area contributed by atoms with E-state index in [-0.39, 0.29) is 5.91 Å². The average molecular weight is 249 g/mol. The normalized spacial score (nSPS) is 10.2. The molecule has 1 rings (SSSR count). The second-order valence-electron chi connectivity index (χ2n) is 4.57. The molecule has 1 amide bonds. The van der Waals surface area contributed by atoms with E-state index in [0.29, 0.717) is 6.42 Å². The molecule has 0 fully saturated rings. The summed E-state index contributed by atoms with van der Waals surface area (Å²) in [6, 6.07) is 7.86. The van der Waals surface area contributed by atoms with Gasteiger partial charge in [0.05, 0.1) is 0 Å². The van der Waals surface area contributed by atoms with Crippen LogP contribution in [0.25, 0.3) is 0 Å². The maximum absolute atomic E-state index is 11.5. The first kappa shape index (κ1) is 14.4. The molecule has 0 spiro atoms. The van der Waals surface area contributed by atoms with Crippen molar-refractivity contribution in [3.8, 4) is 0 Å². The third kappa shape index (κ3) is 4.28. The molecule has 0 bridgehead atoms. The van der Waals surface area contributed by atoms with E-state index in [9.17, 15) is 4.79 Å². The molecule has 0 radical (unpaired) electrons. The SMILES string of the molecule is CCN(CCCC(=O)N(C)C)c1cccc(N)c1. The fraction of sp³-hybridized carbons (Fsp3) is 0.500. The maximum Gasteiger partial charge on any atom is 0.222 e. The quantitative estimate of drug-likeness (QED) is 0.784. The van der Waals surface area contributed by atoms with Crippen LogP contribution in [0.3, 0.4) is 0 Å². The number of nitrogens with zero attached hydrogens (tertiary/aromatic N) is 2. The molecule has 0 saturated carbocycles. The number of amides is 1. The number of carbonyl (C=O) groups is 1. The Hall–Kier alpha value is -1.71. The molecule has 0 heterocycles. The summed E-state index contributed by atoms with van der Waals surface area (Å²) in [5.41, 5.74) is 7.67. The molecular formula is C14H23N3O. The van der Waals surface area contributed by atoms with Gasteiger partial charge in [0, 0.05) is 45.0 Å². The smallest absolute Gasteiger partial charge is 0.222 e. The zero-order valence-corrected chi connectivity index (χ0v) is 11.5. The van der Waals surface area contributed by atoms with Crippen molar-refractivity contribution in [1.82, 2.24) is 4.90 Å². The van der Waals surface area contributed by atoms with Crippen molar-refractivity contribution in [2.24, 2.45) is 0 Å². The van der Waals surface area contributed by atoms with Gasteiger partial charge in [0.25, 0.3) is 0 Å². The minimum Gasteiger partial charge on any atom is -0.399 e. The summed E-state index contributed by atoms with van der Waals surface area (Å²) in [7, 11) is 3.58. The minimum atomic E-state index is 0.179. The summed E-state index contributed by atoms with van der Waals surface area (Å²) in [4.78, 5) is 15.4. The molecule has 0 aliphatic heterocycles. The van der Waals surface area contributed by atoms with Crippen LogP contribution in [-0.2, 0) is 4.79 Å². The van der Waals surface area contributed by atoms with Crippen LogP contribution in [0.5, 0.6) is 0 Å². The molecule has 0 unspecified atom stereocenters. The Kier molecular flexibility index (Phi) is 5.49. The summed E-state index contributed by atoms with van der Waals surface area (Å²) in [5, 5.41) is 0. The van der Waals surface area contributed by atoms with Gasteiger partial charge >= 0.3 is 0 Å². The predicted octanol–water partition coefficient (Wildman–Crippen LogP) is 1.96. The Morgan fingerprint density at radius 1 is 1.33 bits per heavy atom. The standard InChI is InChI=1S/C14H23N3O/c1-4-17(10-6-9-14(18)16(2)3)13-8-5-7-12(15)11-13/h5,7-8,11H,4,6,9-10,15H2,1-3H3. The van der Waals surface area contributed by atoms with Gasteiger partial charge < -0.3 is 15.5 Å². The Labute approximate surface area is 109 Å². The monoisotopic (exact) mass is 249 g/mol. The lowest BCUT2D eigenvalue weighted by molar-refractivity contribution is -0.128. The van der Waals surface area contributed by atoms with Crippen molar-refractivity contribution in [2.75, 3.05) is 37.8 Å². The summed E-state index contributed by atoms with van der Waals surface area (Å²) in [5.74, 6) is 0.179. The molecule has 100 valence electrons. The zero-order valence-electron chi connectivity index (χ0n) is 11.5. The van der Waals surface area contributed by atoms with Gasteiger partial charge in [-0.3, -0.25) is 4.79 Å². The number of benzene rings is 1. The molecule has 1 aromatic rings. The van der Waals surface area contributed by atoms with Crippen LogP contribution in [0, 0.1) is 0 Å². The molecule has 1 aromatic carbocycles. The van der Waals surface area contributed by atoms with E-state index in [4.69, 9.17) is 5.73 Å². The molecule has 0 aliphatic carbocycles. The first-order valence-electron chi connectivity index (χ1n) is 6.35. The van der Waals surface area contributed by atoms with Gasteiger partial charge in [0.2, 0.25) is 5.91 Å². The van der Waals surface area contributed by atoms with E-state index in [1.807, 2.05) is 24.3 Å². The number of hydrogen-bond acceptors (Lipinski definition) is 3. The van der Waals surface area contributed by atoms with Crippen LogP contribution in [0.2, 0.25) is 0 Å². The van der Waals surface area contributed by atoms with Gasteiger partial charge in [0.1, 0.15) is 0 Å². The molecular weight excluding hydrogens is 226 g/mol. The van der Waals surface area contributed by atoms with E-state index in [1.54, 1.807) is 19.0 Å². The lowest BCUT2D eigenvalue weighted by Gasteiger charge is -2.23. The van der Waals surface area contributed by atoms with Gasteiger partial charge in [0.15, 0.2) is 0 Å². The second kappa shape index (κ2) is 6.89. The largest absolute Gasteiger partial charge is 0.399 e. The second-order valence-corrected chi connectivity index (χ2v) is 4.57. The lowest BCUT2D eigenvalue weighted by atomic mass is 10.2. The van der Waals surface area contributed by atoms with Gasteiger partial charge in [-0.25, -0.2) is 0 Å². The third-order valence-electron chi connectivity index (χ3n) is 2.93. The number of hydrogen-bond donors (Lipinski definition) is 1. The Morgan fingerprint density at radius 2 is 2.06 bits per heavy atom. The van der Waals surface area contributed by atoms with E-state index in [2.05, 4.69) is 11.8 Å². The molecule has 4 nitrogen and oxygen atoms in total. The fourth-order valence-corrected chi connectivity index (χ4v) is 1.84. The van der Waals surface area contributed by atoms with Gasteiger partial charge in [-0.05, 0) is 31.5 Å². The van der Waals surface area contributed by atoms with Crippen molar-refractivity contribution in [1.29, 1.82) is 0 Å². The van der Waals surface area contributed by atoms with Crippen molar-refractivity contribution in [2.45, 2.75) is 19.8 Å². The first-order valence-corrected chi connectivity index (χ1v) is 6.35. The highest BCUT2D eigenvalue weighted by atomic mass is 16.2. The van der Waals surface area contributed by atoms with E-state index in [0.717, 1.165) is 30.9 Å². The summed E-state index contributed by atoms with van der Waals surface area (Å²) >= 11 is 0. The van der Waals surface area contributed by atoms with Crippen LogP contribution in [0.1, 0.15) is 19.8 Å². The van der Waals surface area contributed by atoms with Crippen molar-refractivity contribution in [3.63, 3.8) is 0 Å². The molecule has 2 N–H and O–H groups in total. The lowest BCUT2D eigenvalue weighted by Crippen LogP contribution is -2.27. The predicted molar refractivity (Wildman–Crippen MR) is 76.7 cm³/mol. The van der Waals surface area contributed by atoms with Crippen LogP contribution in [-0.4, -0.2) is 38.0 Å². The number of nitrogen functional groups attached to an aromatic ring is 1. The highest BCUT2D eigenvalue weighted by Gasteiger charge is 2.07. The molecule has 18 heavy (non-hydrogen) atoms. The molecule has 0 atom stereocenters. The summed E-state index contributed by atoms with van der Waals surface area (Å²) in [6.45, 7) is 3.90. The van der Waals surface area contributed by atoms with Crippen molar-refractivity contribution in [3.05, 3.63) is 24.3 Å². The first-order chi connectivity index (χ1) is 8.54. The summed E-state index contributed by atoms with van der Waals surface area (Å²) in [6.07, 6.45) is 1.45. The third-order valence-corrected chi connectivity index (χ3v) is 2.93. The Morgan fingerprint density at radius 3 is 2.61 bits per heavy atom. The number of rotatable bonds is 6. The highest BCUT2D eigenvalue weighted by Crippen LogP contribution is 2.17. The summed E-state index contributed by atoms with van der Waals surface area (Å²) < 4.78 is 0. The highest BCUT2D eigenvalue weighted by molar-refractivity contribution is 5.75. The molecule has 0 aliphatic rings. The van der Waals surface area contributed by atoms with Gasteiger partial charge in [-0.2, -0.15) is 0 Å². The van der Waals surface area contributed by atoms with Crippen LogP contribution >= 0.6 is 0 Å². The van der Waals surface area contributed by atoms with Crippen molar-refractivity contribution < 1.29 is 4.79 Å². The Balaban J connectivity index is 2.50. The number of carbonyl (C=O) groups excluding carboxylic acids is 1. The maximum atomic E-state index is 11.5. The molecule has 0 aromatic heterocycles. The molecule has 4 heteroatoms. The van der Waals surface area contributed by atoms with E-state index in [1.165, 1.54) is 0 Å². The topological polar surface area (TPSA) is 49.6 Å². The van der Waals surface area contributed by atoms with Crippen LogP contribution in [0.4, 0.5) is 11.4 Å².